The number of hydrogen-bond donors (Lipinski definition) is 1. The minimum Gasteiger partial charge on any atom is -0.389 e. The van der Waals surface area contributed by atoms with Crippen LogP contribution in [0.3, 0.4) is 0 Å². The van der Waals surface area contributed by atoms with Crippen LogP contribution in [-0.4, -0.2) is 24.3 Å². The Morgan fingerprint density at radius 2 is 2.00 bits per heavy atom. The molecule has 0 aliphatic rings. The van der Waals surface area contributed by atoms with Gasteiger partial charge in [-0.3, -0.25) is 4.98 Å². The highest BCUT2D eigenvalue weighted by Crippen LogP contribution is 2.13. The van der Waals surface area contributed by atoms with Gasteiger partial charge in [0.1, 0.15) is 0 Å². The lowest BCUT2D eigenvalue weighted by Gasteiger charge is -2.16. The van der Waals surface area contributed by atoms with Gasteiger partial charge in [0.05, 0.1) is 19.9 Å². The summed E-state index contributed by atoms with van der Waals surface area (Å²) >= 11 is 0. The summed E-state index contributed by atoms with van der Waals surface area (Å²) in [6, 6.07) is 4.05. The monoisotopic (exact) mass is 221 g/mol. The topological polar surface area (TPSA) is 33.1 Å². The number of nitrogens with zero attached hydrogens (tertiary/aromatic N) is 1. The highest BCUT2D eigenvalue weighted by Gasteiger charge is 2.17. The molecule has 0 saturated carbocycles. The second-order valence-electron chi connectivity index (χ2n) is 4.88. The molecule has 1 unspecified atom stereocenters. The van der Waals surface area contributed by atoms with Crippen molar-refractivity contribution >= 4 is 18.8 Å². The molecule has 15 heavy (non-hydrogen) atoms. The Balaban J connectivity index is 2.96. The molecular formula is C12H19NOSi. The average molecular weight is 221 g/mol. The minimum absolute atomic E-state index is 0.532. The third-order valence-electron chi connectivity index (χ3n) is 2.46. The van der Waals surface area contributed by atoms with E-state index in [2.05, 4.69) is 37.3 Å². The fourth-order valence-corrected chi connectivity index (χ4v) is 2.28. The maximum atomic E-state index is 9.37. The molecule has 0 radical (unpaired) electrons. The SMILES string of the molecule is C=C(c1ccc([Si](C)(C)C)cn1)C(C)O. The number of aliphatic hydroxyl groups is 1. The molecular weight excluding hydrogens is 202 g/mol. The highest BCUT2D eigenvalue weighted by molar-refractivity contribution is 6.88. The molecule has 0 aliphatic carbocycles. The summed E-state index contributed by atoms with van der Waals surface area (Å²) in [6.45, 7) is 12.4. The molecule has 3 heteroatoms. The average Bonchev–Trinajstić information content (AvgIpc) is 2.15. The van der Waals surface area contributed by atoms with Gasteiger partial charge in [-0.2, -0.15) is 0 Å². The van der Waals surface area contributed by atoms with E-state index in [1.807, 2.05) is 12.3 Å². The number of rotatable bonds is 3. The van der Waals surface area contributed by atoms with Crippen LogP contribution >= 0.6 is 0 Å². The second-order valence-corrected chi connectivity index (χ2v) is 9.96. The first-order valence-corrected chi connectivity index (χ1v) is 8.66. The van der Waals surface area contributed by atoms with Gasteiger partial charge in [-0.25, -0.2) is 0 Å². The van der Waals surface area contributed by atoms with Gasteiger partial charge in [0, 0.05) is 6.20 Å². The molecule has 82 valence electrons. The zero-order valence-corrected chi connectivity index (χ0v) is 10.9. The molecule has 1 heterocycles. The van der Waals surface area contributed by atoms with Gasteiger partial charge in [0.15, 0.2) is 0 Å². The Hall–Kier alpha value is -0.933. The third-order valence-corrected chi connectivity index (χ3v) is 4.49. The van der Waals surface area contributed by atoms with E-state index >= 15 is 0 Å². The fraction of sp³-hybridized carbons (Fsp3) is 0.417. The summed E-state index contributed by atoms with van der Waals surface area (Å²) in [7, 11) is -1.27. The first-order chi connectivity index (χ1) is 6.82. The van der Waals surface area contributed by atoms with Crippen LogP contribution in [0.2, 0.25) is 19.6 Å². The molecule has 1 rings (SSSR count). The van der Waals surface area contributed by atoms with Crippen LogP contribution in [0, 0.1) is 0 Å². The van der Waals surface area contributed by atoms with E-state index in [-0.39, 0.29) is 0 Å². The van der Waals surface area contributed by atoms with Crippen LogP contribution in [0.1, 0.15) is 12.6 Å². The summed E-state index contributed by atoms with van der Waals surface area (Å²) in [4.78, 5) is 4.34. The van der Waals surface area contributed by atoms with Crippen molar-refractivity contribution in [2.75, 3.05) is 0 Å². The zero-order chi connectivity index (χ0) is 11.6. The molecule has 1 aromatic heterocycles. The Morgan fingerprint density at radius 3 is 2.33 bits per heavy atom. The number of aliphatic hydroxyl groups excluding tert-OH is 1. The Morgan fingerprint density at radius 1 is 1.40 bits per heavy atom. The van der Waals surface area contributed by atoms with Crippen LogP contribution in [0.15, 0.2) is 24.9 Å². The van der Waals surface area contributed by atoms with Crippen LogP contribution in [0.5, 0.6) is 0 Å². The lowest BCUT2D eigenvalue weighted by molar-refractivity contribution is 0.253. The number of pyridine rings is 1. The van der Waals surface area contributed by atoms with Crippen molar-refractivity contribution in [2.24, 2.45) is 0 Å². The van der Waals surface area contributed by atoms with E-state index in [9.17, 15) is 5.11 Å². The largest absolute Gasteiger partial charge is 0.389 e. The molecule has 0 fully saturated rings. The van der Waals surface area contributed by atoms with E-state index in [1.54, 1.807) is 6.92 Å². The van der Waals surface area contributed by atoms with E-state index in [1.165, 1.54) is 5.19 Å². The fourth-order valence-electron chi connectivity index (χ4n) is 1.24. The molecule has 0 spiro atoms. The van der Waals surface area contributed by atoms with Crippen molar-refractivity contribution in [1.29, 1.82) is 0 Å². The van der Waals surface area contributed by atoms with Gasteiger partial charge in [0.25, 0.3) is 0 Å². The second kappa shape index (κ2) is 4.29. The Kier molecular flexibility index (Phi) is 3.47. The Labute approximate surface area is 92.7 Å². The van der Waals surface area contributed by atoms with E-state index in [0.29, 0.717) is 5.57 Å². The third kappa shape index (κ3) is 3.01. The van der Waals surface area contributed by atoms with Crippen molar-refractivity contribution < 1.29 is 5.11 Å². The standard InChI is InChI=1S/C12H19NOSi/c1-9(10(2)14)12-7-6-11(8-13-12)15(3,4)5/h6-8,10,14H,1H2,2-5H3. The van der Waals surface area contributed by atoms with Crippen molar-refractivity contribution in [3.05, 3.63) is 30.6 Å². The van der Waals surface area contributed by atoms with Crippen LogP contribution in [0.25, 0.3) is 5.57 Å². The summed E-state index contributed by atoms with van der Waals surface area (Å²) in [5.74, 6) is 0. The van der Waals surface area contributed by atoms with E-state index in [0.717, 1.165) is 5.69 Å². The lowest BCUT2D eigenvalue weighted by atomic mass is 10.1. The normalized spacial score (nSPS) is 13.7. The van der Waals surface area contributed by atoms with Crippen LogP contribution in [0.4, 0.5) is 0 Å². The van der Waals surface area contributed by atoms with Crippen LogP contribution < -0.4 is 5.19 Å². The van der Waals surface area contributed by atoms with Crippen molar-refractivity contribution in [3.8, 4) is 0 Å². The van der Waals surface area contributed by atoms with Gasteiger partial charge in [-0.15, -0.1) is 0 Å². The first-order valence-electron chi connectivity index (χ1n) is 5.16. The van der Waals surface area contributed by atoms with Gasteiger partial charge in [0.2, 0.25) is 0 Å². The first kappa shape index (κ1) is 12.1. The predicted molar refractivity (Wildman–Crippen MR) is 67.9 cm³/mol. The van der Waals surface area contributed by atoms with Gasteiger partial charge >= 0.3 is 0 Å². The van der Waals surface area contributed by atoms with E-state index < -0.39 is 14.2 Å². The minimum atomic E-state index is -1.27. The smallest absolute Gasteiger partial charge is 0.0796 e. The summed E-state index contributed by atoms with van der Waals surface area (Å²) < 4.78 is 0. The van der Waals surface area contributed by atoms with Crippen molar-refractivity contribution in [1.82, 2.24) is 4.98 Å². The highest BCUT2D eigenvalue weighted by atomic mass is 28.3. The lowest BCUT2D eigenvalue weighted by Crippen LogP contribution is -2.37. The van der Waals surface area contributed by atoms with Gasteiger partial charge < -0.3 is 5.11 Å². The molecule has 0 aromatic carbocycles. The molecule has 0 amide bonds. The number of hydrogen-bond acceptors (Lipinski definition) is 2. The van der Waals surface area contributed by atoms with Crippen molar-refractivity contribution in [3.63, 3.8) is 0 Å². The van der Waals surface area contributed by atoms with Crippen LogP contribution in [-0.2, 0) is 0 Å². The van der Waals surface area contributed by atoms with Gasteiger partial charge in [-0.1, -0.05) is 32.3 Å². The Bertz CT molecular complexity index is 349. The molecule has 0 saturated heterocycles. The van der Waals surface area contributed by atoms with Crippen molar-refractivity contribution in [2.45, 2.75) is 32.7 Å². The maximum Gasteiger partial charge on any atom is 0.0796 e. The quantitative estimate of drug-likeness (QED) is 0.792. The van der Waals surface area contributed by atoms with Gasteiger partial charge in [-0.05, 0) is 23.7 Å². The predicted octanol–water partition coefficient (Wildman–Crippen LogP) is 2.02. The summed E-state index contributed by atoms with van der Waals surface area (Å²) in [6.07, 6.45) is 1.38. The molecule has 1 aromatic rings. The maximum absolute atomic E-state index is 9.37. The number of aromatic nitrogens is 1. The zero-order valence-electron chi connectivity index (χ0n) is 9.91. The summed E-state index contributed by atoms with van der Waals surface area (Å²) in [5, 5.41) is 10.7. The molecule has 0 bridgehead atoms. The molecule has 1 N–H and O–H groups in total. The van der Waals surface area contributed by atoms with E-state index in [4.69, 9.17) is 0 Å². The molecule has 1 atom stereocenters. The molecule has 0 aliphatic heterocycles. The summed E-state index contributed by atoms with van der Waals surface area (Å²) in [5.41, 5.74) is 1.46. The molecule has 2 nitrogen and oxygen atoms in total.